The number of rotatable bonds is 6. The molecule has 0 saturated heterocycles. The number of aromatic nitrogens is 1. The van der Waals surface area contributed by atoms with Crippen LogP contribution < -0.4 is 10.1 Å². The Bertz CT molecular complexity index is 543. The number of aryl methyl sites for hydroxylation is 1. The number of fused-ring (bicyclic) bond motifs is 1. The van der Waals surface area contributed by atoms with Gasteiger partial charge in [0, 0.05) is 17.6 Å². The molecule has 0 radical (unpaired) electrons. The lowest BCUT2D eigenvalue weighted by atomic mass is 10.1. The predicted molar refractivity (Wildman–Crippen MR) is 81.1 cm³/mol. The van der Waals surface area contributed by atoms with E-state index in [1.54, 1.807) is 7.11 Å². The molecule has 0 unspecified atom stereocenters. The van der Waals surface area contributed by atoms with Gasteiger partial charge in [-0.3, -0.25) is 0 Å². The Morgan fingerprint density at radius 3 is 2.74 bits per heavy atom. The normalized spacial score (nSPS) is 11.4. The lowest BCUT2D eigenvalue weighted by Crippen LogP contribution is -2.08. The minimum absolute atomic E-state index is 0.442. The molecular formula is C16H24N2O. The van der Waals surface area contributed by atoms with Crippen LogP contribution in [0.2, 0.25) is 0 Å². The zero-order valence-electron chi connectivity index (χ0n) is 12.4. The summed E-state index contributed by atoms with van der Waals surface area (Å²) in [4.78, 5) is 0. The number of ether oxygens (including phenoxy) is 1. The Morgan fingerprint density at radius 2 is 2.11 bits per heavy atom. The van der Waals surface area contributed by atoms with E-state index in [0.29, 0.717) is 6.04 Å². The summed E-state index contributed by atoms with van der Waals surface area (Å²) in [5, 5.41) is 4.53. The molecule has 1 N–H and O–H groups in total. The van der Waals surface area contributed by atoms with Crippen molar-refractivity contribution < 1.29 is 4.74 Å². The Hall–Kier alpha value is -1.48. The summed E-state index contributed by atoms with van der Waals surface area (Å²) in [5.74, 6) is 0.964. The van der Waals surface area contributed by atoms with Crippen LogP contribution in [-0.4, -0.2) is 25.3 Å². The van der Waals surface area contributed by atoms with Crippen LogP contribution in [0.1, 0.15) is 31.9 Å². The maximum Gasteiger partial charge on any atom is 0.143 e. The number of hydrogen-bond donors (Lipinski definition) is 1. The van der Waals surface area contributed by atoms with Crippen molar-refractivity contribution >= 4 is 10.9 Å². The highest BCUT2D eigenvalue weighted by atomic mass is 16.5. The van der Waals surface area contributed by atoms with Gasteiger partial charge in [0.2, 0.25) is 0 Å². The van der Waals surface area contributed by atoms with Gasteiger partial charge < -0.3 is 14.6 Å². The smallest absolute Gasteiger partial charge is 0.143 e. The van der Waals surface area contributed by atoms with Crippen molar-refractivity contribution in [1.82, 2.24) is 9.88 Å². The molecule has 0 aliphatic rings. The lowest BCUT2D eigenvalue weighted by molar-refractivity contribution is 0.416. The van der Waals surface area contributed by atoms with Crippen molar-refractivity contribution in [2.24, 2.45) is 0 Å². The Kier molecular flexibility index (Phi) is 4.48. The molecule has 19 heavy (non-hydrogen) atoms. The van der Waals surface area contributed by atoms with Crippen LogP contribution in [-0.2, 0) is 6.42 Å². The number of nitrogens with zero attached hydrogens (tertiary/aromatic N) is 1. The van der Waals surface area contributed by atoms with Gasteiger partial charge >= 0.3 is 0 Å². The molecule has 0 atom stereocenters. The van der Waals surface area contributed by atoms with Crippen molar-refractivity contribution in [3.8, 4) is 5.75 Å². The van der Waals surface area contributed by atoms with Crippen molar-refractivity contribution in [3.63, 3.8) is 0 Å². The molecule has 1 aromatic heterocycles. The van der Waals surface area contributed by atoms with E-state index in [4.69, 9.17) is 4.74 Å². The maximum atomic E-state index is 5.52. The molecule has 2 rings (SSSR count). The maximum absolute atomic E-state index is 5.52. The average Bonchev–Trinajstić information content (AvgIpc) is 2.78. The van der Waals surface area contributed by atoms with Crippen molar-refractivity contribution in [2.45, 2.75) is 32.7 Å². The molecule has 3 nitrogen and oxygen atoms in total. The van der Waals surface area contributed by atoms with Gasteiger partial charge in [-0.15, -0.1) is 0 Å². The number of nitrogens with one attached hydrogen (secondary N) is 1. The van der Waals surface area contributed by atoms with Gasteiger partial charge in [-0.05, 0) is 51.9 Å². The second kappa shape index (κ2) is 6.11. The Balaban J connectivity index is 2.48. The van der Waals surface area contributed by atoms with Crippen molar-refractivity contribution in [2.75, 3.05) is 20.7 Å². The molecule has 1 heterocycles. The average molecular weight is 260 g/mol. The number of benzene rings is 1. The van der Waals surface area contributed by atoms with Crippen LogP contribution in [0.3, 0.4) is 0 Å². The van der Waals surface area contributed by atoms with Crippen LogP contribution in [0.5, 0.6) is 5.75 Å². The second-order valence-corrected chi connectivity index (χ2v) is 5.22. The molecule has 2 aromatic rings. The minimum Gasteiger partial charge on any atom is -0.495 e. The monoisotopic (exact) mass is 260 g/mol. The third-order valence-corrected chi connectivity index (χ3v) is 3.55. The molecular weight excluding hydrogens is 236 g/mol. The molecule has 3 heteroatoms. The fourth-order valence-electron chi connectivity index (χ4n) is 2.58. The zero-order chi connectivity index (χ0) is 13.8. The first kappa shape index (κ1) is 13.9. The van der Waals surface area contributed by atoms with Gasteiger partial charge in [0.05, 0.1) is 12.6 Å². The highest BCUT2D eigenvalue weighted by Crippen LogP contribution is 2.32. The van der Waals surface area contributed by atoms with Crippen LogP contribution in [0.25, 0.3) is 10.9 Å². The van der Waals surface area contributed by atoms with E-state index < -0.39 is 0 Å². The van der Waals surface area contributed by atoms with E-state index in [9.17, 15) is 0 Å². The third-order valence-electron chi connectivity index (χ3n) is 3.55. The summed E-state index contributed by atoms with van der Waals surface area (Å²) in [5.41, 5.74) is 2.64. The largest absolute Gasteiger partial charge is 0.495 e. The highest BCUT2D eigenvalue weighted by molar-refractivity contribution is 5.89. The first-order chi connectivity index (χ1) is 9.19. The highest BCUT2D eigenvalue weighted by Gasteiger charge is 2.13. The van der Waals surface area contributed by atoms with Gasteiger partial charge in [-0.1, -0.05) is 12.1 Å². The second-order valence-electron chi connectivity index (χ2n) is 5.22. The van der Waals surface area contributed by atoms with E-state index in [2.05, 4.69) is 42.1 Å². The van der Waals surface area contributed by atoms with Gasteiger partial charge in [0.15, 0.2) is 0 Å². The lowest BCUT2D eigenvalue weighted by Gasteiger charge is -2.11. The topological polar surface area (TPSA) is 26.2 Å². The number of hydrogen-bond acceptors (Lipinski definition) is 2. The molecule has 0 aliphatic carbocycles. The standard InChI is InChI=1S/C16H24N2O/c1-12(2)18-11-13(7-6-10-17-3)14-8-5-9-15(19-4)16(14)18/h5,8-9,11-12,17H,6-7,10H2,1-4H3. The molecule has 0 amide bonds. The SMILES string of the molecule is CNCCCc1cn(C(C)C)c2c(OC)cccc12. The van der Waals surface area contributed by atoms with E-state index in [-0.39, 0.29) is 0 Å². The molecule has 0 aliphatic heterocycles. The molecule has 0 fully saturated rings. The summed E-state index contributed by atoms with van der Waals surface area (Å²) in [7, 11) is 3.74. The fourth-order valence-corrected chi connectivity index (χ4v) is 2.58. The zero-order valence-corrected chi connectivity index (χ0v) is 12.4. The van der Waals surface area contributed by atoms with E-state index in [1.807, 2.05) is 13.1 Å². The van der Waals surface area contributed by atoms with Gasteiger partial charge in [0.25, 0.3) is 0 Å². The van der Waals surface area contributed by atoms with Gasteiger partial charge in [-0.25, -0.2) is 0 Å². The number of para-hydroxylation sites is 1. The molecule has 0 saturated carbocycles. The van der Waals surface area contributed by atoms with Crippen LogP contribution >= 0.6 is 0 Å². The van der Waals surface area contributed by atoms with Crippen LogP contribution in [0.15, 0.2) is 24.4 Å². The van der Waals surface area contributed by atoms with Crippen molar-refractivity contribution in [1.29, 1.82) is 0 Å². The quantitative estimate of drug-likeness (QED) is 0.806. The summed E-state index contributed by atoms with van der Waals surface area (Å²) < 4.78 is 7.85. The summed E-state index contributed by atoms with van der Waals surface area (Å²) in [6, 6.07) is 6.76. The fraction of sp³-hybridized carbons (Fsp3) is 0.500. The third kappa shape index (κ3) is 2.76. The van der Waals surface area contributed by atoms with Gasteiger partial charge in [0.1, 0.15) is 5.75 Å². The Labute approximate surface area is 115 Å². The summed E-state index contributed by atoms with van der Waals surface area (Å²) in [6.07, 6.45) is 4.54. The van der Waals surface area contributed by atoms with Gasteiger partial charge in [-0.2, -0.15) is 0 Å². The molecule has 0 spiro atoms. The summed E-state index contributed by atoms with van der Waals surface area (Å²) in [6.45, 7) is 5.48. The summed E-state index contributed by atoms with van der Waals surface area (Å²) >= 11 is 0. The molecule has 104 valence electrons. The van der Waals surface area contributed by atoms with Crippen LogP contribution in [0.4, 0.5) is 0 Å². The molecule has 0 bridgehead atoms. The van der Waals surface area contributed by atoms with E-state index >= 15 is 0 Å². The minimum atomic E-state index is 0.442. The molecule has 1 aromatic carbocycles. The predicted octanol–water partition coefficient (Wildman–Crippen LogP) is 3.38. The number of methoxy groups -OCH3 is 1. The van der Waals surface area contributed by atoms with E-state index in [1.165, 1.54) is 16.5 Å². The Morgan fingerprint density at radius 1 is 1.32 bits per heavy atom. The van der Waals surface area contributed by atoms with E-state index in [0.717, 1.165) is 25.1 Å². The van der Waals surface area contributed by atoms with Crippen molar-refractivity contribution in [3.05, 3.63) is 30.0 Å². The first-order valence-electron chi connectivity index (χ1n) is 7.00. The van der Waals surface area contributed by atoms with Crippen LogP contribution in [0, 0.1) is 0 Å². The first-order valence-corrected chi connectivity index (χ1v) is 7.00.